The van der Waals surface area contributed by atoms with Gasteiger partial charge in [0.15, 0.2) is 0 Å². The van der Waals surface area contributed by atoms with Gasteiger partial charge in [-0.1, -0.05) is 41.4 Å². The number of halogens is 2. The van der Waals surface area contributed by atoms with Crippen LogP contribution in [0.2, 0.25) is 5.02 Å². The van der Waals surface area contributed by atoms with Crippen molar-refractivity contribution >= 4 is 23.2 Å². The van der Waals surface area contributed by atoms with Crippen molar-refractivity contribution in [3.8, 4) is 0 Å². The Hall–Kier alpha value is -1.05. The molecule has 0 radical (unpaired) electrons. The second-order valence-corrected chi connectivity index (χ2v) is 5.82. The molecule has 1 atom stereocenters. The maximum atomic E-state index is 6.40. The van der Waals surface area contributed by atoms with Crippen LogP contribution in [-0.4, -0.2) is 10.4 Å². The van der Waals surface area contributed by atoms with Crippen molar-refractivity contribution < 1.29 is 0 Å². The standard InChI is InChI=1S/C16H17Cl2N/c1-12-3-2-4-13(9-12)5-6-15(17)10-14-7-8-19-11-16(14)18/h2-4,7-9,11,15H,5-6,10H2,1H3. The van der Waals surface area contributed by atoms with Crippen LogP contribution in [0.1, 0.15) is 23.1 Å². The summed E-state index contributed by atoms with van der Waals surface area (Å²) < 4.78 is 0. The lowest BCUT2D eigenvalue weighted by Gasteiger charge is -2.10. The van der Waals surface area contributed by atoms with E-state index >= 15 is 0 Å². The Balaban J connectivity index is 1.88. The minimum Gasteiger partial charge on any atom is -0.263 e. The zero-order valence-electron chi connectivity index (χ0n) is 10.9. The Morgan fingerprint density at radius 2 is 2.11 bits per heavy atom. The molecule has 2 rings (SSSR count). The topological polar surface area (TPSA) is 12.9 Å². The van der Waals surface area contributed by atoms with Crippen LogP contribution in [0.4, 0.5) is 0 Å². The Labute approximate surface area is 124 Å². The zero-order valence-corrected chi connectivity index (χ0v) is 12.5. The molecule has 0 spiro atoms. The van der Waals surface area contributed by atoms with Crippen molar-refractivity contribution in [1.29, 1.82) is 0 Å². The summed E-state index contributed by atoms with van der Waals surface area (Å²) >= 11 is 12.5. The van der Waals surface area contributed by atoms with E-state index in [1.807, 2.05) is 6.07 Å². The summed E-state index contributed by atoms with van der Waals surface area (Å²) in [6, 6.07) is 10.5. The van der Waals surface area contributed by atoms with Crippen molar-refractivity contribution in [3.63, 3.8) is 0 Å². The molecule has 0 bridgehead atoms. The molecular weight excluding hydrogens is 277 g/mol. The lowest BCUT2D eigenvalue weighted by Crippen LogP contribution is -2.06. The molecule has 0 amide bonds. The molecular formula is C16H17Cl2N. The smallest absolute Gasteiger partial charge is 0.0621 e. The summed E-state index contributed by atoms with van der Waals surface area (Å²) in [5.41, 5.74) is 3.70. The summed E-state index contributed by atoms with van der Waals surface area (Å²) in [6.07, 6.45) is 6.16. The molecule has 0 saturated carbocycles. The Bertz CT molecular complexity index is 540. The van der Waals surface area contributed by atoms with Gasteiger partial charge in [0.25, 0.3) is 0 Å². The Morgan fingerprint density at radius 1 is 1.26 bits per heavy atom. The molecule has 0 aliphatic heterocycles. The lowest BCUT2D eigenvalue weighted by molar-refractivity contribution is 0.742. The fraction of sp³-hybridized carbons (Fsp3) is 0.312. The Kier molecular flexibility index (Phi) is 5.24. The molecule has 2 aromatic rings. The first-order valence-electron chi connectivity index (χ1n) is 6.43. The van der Waals surface area contributed by atoms with Crippen LogP contribution in [0.25, 0.3) is 0 Å². The predicted octanol–water partition coefficient (Wildman–Crippen LogP) is 4.83. The minimum absolute atomic E-state index is 0.0976. The maximum absolute atomic E-state index is 6.40. The number of aromatic nitrogens is 1. The molecule has 100 valence electrons. The van der Waals surface area contributed by atoms with E-state index in [2.05, 4.69) is 36.2 Å². The average Bonchev–Trinajstić information content (AvgIpc) is 2.39. The first-order chi connectivity index (χ1) is 9.15. The van der Waals surface area contributed by atoms with Gasteiger partial charge in [0.2, 0.25) is 0 Å². The number of aryl methyl sites for hydroxylation is 2. The lowest BCUT2D eigenvalue weighted by atomic mass is 10.0. The number of rotatable bonds is 5. The first kappa shape index (κ1) is 14.4. The van der Waals surface area contributed by atoms with Gasteiger partial charge in [0, 0.05) is 17.8 Å². The fourth-order valence-corrected chi connectivity index (χ4v) is 2.57. The third kappa shape index (κ3) is 4.52. The third-order valence-corrected chi connectivity index (χ3v) is 3.84. The van der Waals surface area contributed by atoms with Crippen molar-refractivity contribution in [3.05, 3.63) is 64.4 Å². The first-order valence-corrected chi connectivity index (χ1v) is 7.24. The normalized spacial score (nSPS) is 12.4. The van der Waals surface area contributed by atoms with Crippen molar-refractivity contribution in [2.75, 3.05) is 0 Å². The van der Waals surface area contributed by atoms with Gasteiger partial charge in [0.05, 0.1) is 5.02 Å². The number of nitrogens with zero attached hydrogens (tertiary/aromatic N) is 1. The van der Waals surface area contributed by atoms with Crippen LogP contribution in [0.3, 0.4) is 0 Å². The molecule has 1 aromatic carbocycles. The quantitative estimate of drug-likeness (QED) is 0.720. The van der Waals surface area contributed by atoms with E-state index in [4.69, 9.17) is 23.2 Å². The number of benzene rings is 1. The van der Waals surface area contributed by atoms with Crippen molar-refractivity contribution in [1.82, 2.24) is 4.98 Å². The van der Waals surface area contributed by atoms with Crippen LogP contribution >= 0.6 is 23.2 Å². The monoisotopic (exact) mass is 293 g/mol. The average molecular weight is 294 g/mol. The van der Waals surface area contributed by atoms with Crippen molar-refractivity contribution in [2.45, 2.75) is 31.6 Å². The number of hydrogen-bond acceptors (Lipinski definition) is 1. The summed E-state index contributed by atoms with van der Waals surface area (Å²) in [5, 5.41) is 0.795. The molecule has 0 N–H and O–H groups in total. The fourth-order valence-electron chi connectivity index (χ4n) is 2.10. The molecule has 1 aromatic heterocycles. The second kappa shape index (κ2) is 6.93. The highest BCUT2D eigenvalue weighted by Gasteiger charge is 2.09. The molecule has 0 fully saturated rings. The number of alkyl halides is 1. The van der Waals surface area contributed by atoms with Crippen LogP contribution in [-0.2, 0) is 12.8 Å². The zero-order chi connectivity index (χ0) is 13.7. The highest BCUT2D eigenvalue weighted by atomic mass is 35.5. The van der Waals surface area contributed by atoms with Gasteiger partial charge in [0.1, 0.15) is 0 Å². The summed E-state index contributed by atoms with van der Waals surface area (Å²) in [4.78, 5) is 3.98. The van der Waals surface area contributed by atoms with E-state index < -0.39 is 0 Å². The van der Waals surface area contributed by atoms with E-state index in [-0.39, 0.29) is 5.38 Å². The summed E-state index contributed by atoms with van der Waals surface area (Å²) in [5.74, 6) is 0. The van der Waals surface area contributed by atoms with Gasteiger partial charge in [-0.2, -0.15) is 0 Å². The van der Waals surface area contributed by atoms with Crippen molar-refractivity contribution in [2.24, 2.45) is 0 Å². The van der Waals surface area contributed by atoms with E-state index in [9.17, 15) is 0 Å². The van der Waals surface area contributed by atoms with Gasteiger partial charge in [-0.15, -0.1) is 11.6 Å². The van der Waals surface area contributed by atoms with Crippen LogP contribution in [0.5, 0.6) is 0 Å². The van der Waals surface area contributed by atoms with E-state index in [0.29, 0.717) is 5.02 Å². The van der Waals surface area contributed by atoms with Gasteiger partial charge in [-0.3, -0.25) is 4.98 Å². The minimum atomic E-state index is 0.0976. The summed E-state index contributed by atoms with van der Waals surface area (Å²) in [6.45, 7) is 2.11. The van der Waals surface area contributed by atoms with E-state index in [0.717, 1.165) is 24.8 Å². The molecule has 0 aliphatic rings. The Morgan fingerprint density at radius 3 is 2.84 bits per heavy atom. The SMILES string of the molecule is Cc1cccc(CCC(Cl)Cc2ccncc2Cl)c1. The molecule has 3 heteroatoms. The maximum Gasteiger partial charge on any atom is 0.0621 e. The van der Waals surface area contributed by atoms with Crippen LogP contribution in [0, 0.1) is 6.92 Å². The predicted molar refractivity (Wildman–Crippen MR) is 82.1 cm³/mol. The largest absolute Gasteiger partial charge is 0.263 e. The highest BCUT2D eigenvalue weighted by molar-refractivity contribution is 6.31. The van der Waals surface area contributed by atoms with Gasteiger partial charge >= 0.3 is 0 Å². The van der Waals surface area contributed by atoms with Gasteiger partial charge in [-0.05, 0) is 43.4 Å². The molecule has 19 heavy (non-hydrogen) atoms. The molecule has 1 unspecified atom stereocenters. The molecule has 1 nitrogen and oxygen atoms in total. The van der Waals surface area contributed by atoms with Crippen LogP contribution in [0.15, 0.2) is 42.7 Å². The molecule has 0 saturated heterocycles. The number of pyridine rings is 1. The van der Waals surface area contributed by atoms with E-state index in [1.165, 1.54) is 11.1 Å². The van der Waals surface area contributed by atoms with E-state index in [1.54, 1.807) is 12.4 Å². The van der Waals surface area contributed by atoms with Crippen LogP contribution < -0.4 is 0 Å². The second-order valence-electron chi connectivity index (χ2n) is 4.80. The summed E-state index contributed by atoms with van der Waals surface area (Å²) in [7, 11) is 0. The highest BCUT2D eigenvalue weighted by Crippen LogP contribution is 2.20. The molecule has 0 aliphatic carbocycles. The van der Waals surface area contributed by atoms with Gasteiger partial charge < -0.3 is 0 Å². The third-order valence-electron chi connectivity index (χ3n) is 3.13. The number of hydrogen-bond donors (Lipinski definition) is 0. The van der Waals surface area contributed by atoms with Gasteiger partial charge in [-0.25, -0.2) is 0 Å². The molecule has 1 heterocycles.